The number of nitrogens with two attached hydrogens (primary N) is 1. The summed E-state index contributed by atoms with van der Waals surface area (Å²) in [5, 5.41) is 8.25. The van der Waals surface area contributed by atoms with Gasteiger partial charge in [-0.25, -0.2) is 0 Å². The Hall–Kier alpha value is 1.24. The SMILES string of the molecule is C[CH-]N.O=C[O-].[Rb+]. The van der Waals surface area contributed by atoms with E-state index in [1.807, 2.05) is 0 Å². The molecule has 0 unspecified atom stereocenters. The Labute approximate surface area is 92.1 Å². The molecule has 0 radical (unpaired) electrons. The second-order valence-corrected chi connectivity index (χ2v) is 0.430. The van der Waals surface area contributed by atoms with Gasteiger partial charge in [0.1, 0.15) is 0 Å². The van der Waals surface area contributed by atoms with Crippen LogP contribution in [0.4, 0.5) is 0 Å². The Morgan fingerprint density at radius 1 is 1.86 bits per heavy atom. The molecular weight excluding hydrogens is 168 g/mol. The minimum Gasteiger partial charge on any atom is -0.554 e. The van der Waals surface area contributed by atoms with E-state index in [2.05, 4.69) is 0 Å². The maximum Gasteiger partial charge on any atom is 1.00 e. The average Bonchev–Trinajstić information content (AvgIpc) is 1.39. The first-order chi connectivity index (χ1) is 2.83. The average molecular weight is 175 g/mol. The summed E-state index contributed by atoms with van der Waals surface area (Å²) in [5.41, 5.74) is 4.72. The van der Waals surface area contributed by atoms with Gasteiger partial charge in [-0.2, -0.15) is 6.92 Å². The smallest absolute Gasteiger partial charge is 0.554 e. The van der Waals surface area contributed by atoms with Crippen LogP contribution in [0.3, 0.4) is 0 Å². The Balaban J connectivity index is -0.0000000400. The molecule has 0 aliphatic carbocycles. The minimum atomic E-state index is -0.500. The van der Waals surface area contributed by atoms with Crippen LogP contribution in [0.15, 0.2) is 0 Å². The number of hydrogen-bond acceptors (Lipinski definition) is 3. The molecule has 0 aliphatic heterocycles. The molecule has 0 aliphatic rings. The van der Waals surface area contributed by atoms with Crippen LogP contribution < -0.4 is 69.0 Å². The molecule has 0 aromatic carbocycles. The quantitative estimate of drug-likeness (QED) is 0.297. The van der Waals surface area contributed by atoms with Crippen LogP contribution in [-0.2, 0) is 4.79 Å². The molecule has 0 heterocycles. The molecule has 0 amide bonds. The van der Waals surface area contributed by atoms with Gasteiger partial charge < -0.3 is 15.6 Å². The molecule has 0 spiro atoms. The number of hydrogen-bond donors (Lipinski definition) is 1. The van der Waals surface area contributed by atoms with Crippen LogP contribution in [0.5, 0.6) is 0 Å². The fourth-order valence-electron chi connectivity index (χ4n) is 0. The molecule has 0 atom stereocenters. The topological polar surface area (TPSA) is 66.2 Å². The second kappa shape index (κ2) is 26.9. The molecule has 0 fully saturated rings. The Kier molecular flexibility index (Phi) is 60.4. The van der Waals surface area contributed by atoms with E-state index in [0.29, 0.717) is 0 Å². The van der Waals surface area contributed by atoms with Crippen molar-refractivity contribution >= 4 is 6.47 Å². The molecule has 0 saturated heterocycles. The summed E-state index contributed by atoms with van der Waals surface area (Å²) < 4.78 is 0. The maximum atomic E-state index is 8.25. The fraction of sp³-hybridized carbons (Fsp3) is 0.333. The predicted molar refractivity (Wildman–Crippen MR) is 20.2 cm³/mol. The first kappa shape index (κ1) is 15.7. The van der Waals surface area contributed by atoms with E-state index in [4.69, 9.17) is 15.6 Å². The Morgan fingerprint density at radius 3 is 1.86 bits per heavy atom. The van der Waals surface area contributed by atoms with Crippen molar-refractivity contribution in [3.63, 3.8) is 0 Å². The van der Waals surface area contributed by atoms with Crippen LogP contribution >= 0.6 is 0 Å². The molecule has 4 heteroatoms. The van der Waals surface area contributed by atoms with Crippen LogP contribution in [0.1, 0.15) is 6.92 Å². The monoisotopic (exact) mass is 174 g/mol. The number of carbonyl (C=O) groups excluding carboxylic acids is 1. The van der Waals surface area contributed by atoms with Crippen LogP contribution in [0.25, 0.3) is 0 Å². The molecule has 0 aromatic rings. The molecule has 0 saturated carbocycles. The van der Waals surface area contributed by atoms with Crippen molar-refractivity contribution in [2.75, 3.05) is 0 Å². The van der Waals surface area contributed by atoms with Gasteiger partial charge in [-0.15, -0.1) is 0 Å². The summed E-state index contributed by atoms with van der Waals surface area (Å²) in [6.07, 6.45) is 0. The van der Waals surface area contributed by atoms with Gasteiger partial charge in [0.05, 0.1) is 0 Å². The molecule has 0 bridgehead atoms. The van der Waals surface area contributed by atoms with Gasteiger partial charge in [-0.3, -0.25) is 6.54 Å². The van der Waals surface area contributed by atoms with Gasteiger partial charge >= 0.3 is 58.2 Å². The normalized spacial score (nSPS) is 4.29. The Bertz CT molecular complexity index is 26.9. The van der Waals surface area contributed by atoms with E-state index in [0.717, 1.165) is 0 Å². The van der Waals surface area contributed by atoms with Crippen LogP contribution in [0.2, 0.25) is 0 Å². The van der Waals surface area contributed by atoms with E-state index in [1.165, 1.54) is 6.54 Å². The fourth-order valence-corrected chi connectivity index (χ4v) is 0. The van der Waals surface area contributed by atoms with Crippen LogP contribution in [-0.4, -0.2) is 6.47 Å². The van der Waals surface area contributed by atoms with E-state index in [9.17, 15) is 0 Å². The number of carboxylic acid groups (broad SMARTS) is 1. The summed E-state index contributed by atoms with van der Waals surface area (Å²) in [6, 6.07) is 0. The second-order valence-electron chi connectivity index (χ2n) is 0.430. The van der Waals surface area contributed by atoms with Crippen molar-refractivity contribution in [2.45, 2.75) is 6.92 Å². The van der Waals surface area contributed by atoms with E-state index >= 15 is 0 Å². The van der Waals surface area contributed by atoms with Crippen molar-refractivity contribution in [1.82, 2.24) is 0 Å². The molecule has 7 heavy (non-hydrogen) atoms. The summed E-state index contributed by atoms with van der Waals surface area (Å²) >= 11 is 0. The van der Waals surface area contributed by atoms with Gasteiger partial charge in [0.2, 0.25) is 0 Å². The van der Waals surface area contributed by atoms with E-state index in [1.54, 1.807) is 6.92 Å². The zero-order valence-electron chi connectivity index (χ0n) is 4.55. The molecular formula is C3H7NO2Rb-. The zero-order valence-corrected chi connectivity index (χ0v) is 9.46. The third-order valence-electron chi connectivity index (χ3n) is 0. The predicted octanol–water partition coefficient (Wildman–Crippen LogP) is -4.50. The summed E-state index contributed by atoms with van der Waals surface area (Å²) in [4.78, 5) is 8.25. The van der Waals surface area contributed by atoms with Crippen molar-refractivity contribution in [2.24, 2.45) is 5.73 Å². The molecule has 0 rings (SSSR count). The van der Waals surface area contributed by atoms with Crippen molar-refractivity contribution < 1.29 is 68.1 Å². The number of carbonyl (C=O) groups is 1. The first-order valence-corrected chi connectivity index (χ1v) is 1.38. The Morgan fingerprint density at radius 2 is 1.86 bits per heavy atom. The van der Waals surface area contributed by atoms with Crippen molar-refractivity contribution in [3.8, 4) is 0 Å². The summed E-state index contributed by atoms with van der Waals surface area (Å²) in [5.74, 6) is 0. The van der Waals surface area contributed by atoms with Gasteiger partial charge in [-0.05, 0) is 0 Å². The summed E-state index contributed by atoms with van der Waals surface area (Å²) in [7, 11) is 0. The number of rotatable bonds is 0. The maximum absolute atomic E-state index is 8.25. The van der Waals surface area contributed by atoms with E-state index in [-0.39, 0.29) is 58.2 Å². The molecule has 0 aromatic heterocycles. The van der Waals surface area contributed by atoms with Gasteiger partial charge in [0.15, 0.2) is 0 Å². The van der Waals surface area contributed by atoms with Crippen molar-refractivity contribution in [3.05, 3.63) is 6.54 Å². The van der Waals surface area contributed by atoms with E-state index < -0.39 is 6.47 Å². The zero-order chi connectivity index (χ0) is 5.41. The summed E-state index contributed by atoms with van der Waals surface area (Å²) in [6.45, 7) is 2.78. The van der Waals surface area contributed by atoms with Gasteiger partial charge in [0.25, 0.3) is 0 Å². The standard InChI is InChI=1S/C2H6N.CH2O2.Rb/c1-2-3;2-1-3;/h2H,3H2,1H3;1H,(H,2,3);/q-1;;+1/p-1. The third-order valence-corrected chi connectivity index (χ3v) is 0. The molecule has 3 nitrogen and oxygen atoms in total. The van der Waals surface area contributed by atoms with Gasteiger partial charge in [0, 0.05) is 6.47 Å². The van der Waals surface area contributed by atoms with Gasteiger partial charge in [-0.1, -0.05) is 0 Å². The largest absolute Gasteiger partial charge is 1.00 e. The third kappa shape index (κ3) is 130. The molecule has 38 valence electrons. The molecule has 2 N–H and O–H groups in total. The van der Waals surface area contributed by atoms with Crippen LogP contribution in [0, 0.1) is 6.54 Å². The minimum absolute atomic E-state index is 0. The first-order valence-electron chi connectivity index (χ1n) is 1.38. The van der Waals surface area contributed by atoms with Crippen molar-refractivity contribution in [1.29, 1.82) is 0 Å².